The predicted molar refractivity (Wildman–Crippen MR) is 103 cm³/mol. The smallest absolute Gasteiger partial charge is 0.254 e. The van der Waals surface area contributed by atoms with Crippen molar-refractivity contribution in [3.8, 4) is 5.75 Å². The number of carbonyl (C=O) groups excluding carboxylic acids is 1. The molecule has 26 heavy (non-hydrogen) atoms. The highest BCUT2D eigenvalue weighted by Crippen LogP contribution is 2.31. The lowest BCUT2D eigenvalue weighted by Crippen LogP contribution is -2.37. The van der Waals surface area contributed by atoms with E-state index < -0.39 is 11.7 Å². The first-order valence-corrected chi connectivity index (χ1v) is 9.49. The number of carbonyl (C=O) groups is 1. The van der Waals surface area contributed by atoms with E-state index in [4.69, 9.17) is 4.74 Å². The van der Waals surface area contributed by atoms with Crippen molar-refractivity contribution in [1.82, 2.24) is 10.2 Å². The van der Waals surface area contributed by atoms with Gasteiger partial charge in [0.1, 0.15) is 11.6 Å². The van der Waals surface area contributed by atoms with E-state index in [2.05, 4.69) is 26.1 Å². The van der Waals surface area contributed by atoms with Gasteiger partial charge in [-0.25, -0.2) is 4.39 Å². The van der Waals surface area contributed by atoms with E-state index in [9.17, 15) is 9.18 Å². The summed E-state index contributed by atoms with van der Waals surface area (Å²) in [6, 6.07) is 12.3. The first-order chi connectivity index (χ1) is 12.6. The van der Waals surface area contributed by atoms with Crippen LogP contribution in [0.4, 0.5) is 4.39 Å². The molecular weight excluding hydrogens is 399 g/mol. The summed E-state index contributed by atoms with van der Waals surface area (Å²) in [4.78, 5) is 14.8. The molecule has 2 aromatic carbocycles. The number of rotatable bonds is 6. The number of nitrogens with zero attached hydrogens (tertiary/aromatic N) is 1. The Balaban J connectivity index is 1.79. The summed E-state index contributed by atoms with van der Waals surface area (Å²) >= 11 is 3.21. The Morgan fingerprint density at radius 1 is 1.27 bits per heavy atom. The maximum atomic E-state index is 14.0. The minimum absolute atomic E-state index is 0.00360. The van der Waals surface area contributed by atoms with Crippen molar-refractivity contribution in [3.63, 3.8) is 0 Å². The number of halogens is 2. The van der Waals surface area contributed by atoms with Crippen molar-refractivity contribution >= 4 is 21.8 Å². The number of hydrogen-bond donors (Lipinski definition) is 1. The largest absolute Gasteiger partial charge is 0.496 e. The zero-order valence-corrected chi connectivity index (χ0v) is 16.3. The van der Waals surface area contributed by atoms with Crippen LogP contribution in [0.3, 0.4) is 0 Å². The normalized spacial score (nSPS) is 15.7. The van der Waals surface area contributed by atoms with Crippen molar-refractivity contribution in [2.45, 2.75) is 18.9 Å². The molecule has 1 heterocycles. The van der Waals surface area contributed by atoms with Crippen LogP contribution in [0.5, 0.6) is 5.75 Å². The van der Waals surface area contributed by atoms with Gasteiger partial charge in [0.15, 0.2) is 0 Å². The molecule has 1 aliphatic heterocycles. The summed E-state index contributed by atoms with van der Waals surface area (Å²) < 4.78 is 20.2. The quantitative estimate of drug-likeness (QED) is 0.762. The van der Waals surface area contributed by atoms with Crippen LogP contribution in [-0.2, 0) is 0 Å². The van der Waals surface area contributed by atoms with E-state index in [1.165, 1.54) is 12.1 Å². The van der Waals surface area contributed by atoms with Gasteiger partial charge in [0.2, 0.25) is 0 Å². The minimum Gasteiger partial charge on any atom is -0.496 e. The summed E-state index contributed by atoms with van der Waals surface area (Å²) in [7, 11) is 1.65. The SMILES string of the molecule is COc1ccccc1[C@@H](CNC(=O)c1ccc(Br)cc1F)N1CCCC1. The number of likely N-dealkylation sites (tertiary alicyclic amines) is 1. The molecule has 0 radical (unpaired) electrons. The Morgan fingerprint density at radius 3 is 2.69 bits per heavy atom. The van der Waals surface area contributed by atoms with Gasteiger partial charge in [-0.15, -0.1) is 0 Å². The van der Waals surface area contributed by atoms with Crippen LogP contribution in [0.15, 0.2) is 46.9 Å². The number of methoxy groups -OCH3 is 1. The molecule has 2 aromatic rings. The van der Waals surface area contributed by atoms with E-state index >= 15 is 0 Å². The molecule has 1 saturated heterocycles. The summed E-state index contributed by atoms with van der Waals surface area (Å²) in [5.41, 5.74) is 1.09. The lowest BCUT2D eigenvalue weighted by atomic mass is 10.0. The molecule has 0 spiro atoms. The number of nitrogens with one attached hydrogen (secondary N) is 1. The number of hydrogen-bond acceptors (Lipinski definition) is 3. The fourth-order valence-corrected chi connectivity index (χ4v) is 3.72. The van der Waals surface area contributed by atoms with E-state index in [0.717, 1.165) is 37.2 Å². The lowest BCUT2D eigenvalue weighted by Gasteiger charge is -2.29. The highest BCUT2D eigenvalue weighted by Gasteiger charge is 2.26. The van der Waals surface area contributed by atoms with Crippen LogP contribution in [0.1, 0.15) is 34.8 Å². The standard InChI is InChI=1S/C20H22BrFN2O2/c1-26-19-7-3-2-6-16(19)18(24-10-4-5-11-24)13-23-20(25)15-9-8-14(21)12-17(15)22/h2-3,6-9,12,18H,4-5,10-11,13H2,1H3,(H,23,25)/t18-/m1/s1. The maximum absolute atomic E-state index is 14.0. The second-order valence-electron chi connectivity index (χ2n) is 6.34. The first-order valence-electron chi connectivity index (χ1n) is 8.70. The van der Waals surface area contributed by atoms with Gasteiger partial charge in [-0.05, 0) is 50.2 Å². The van der Waals surface area contributed by atoms with Gasteiger partial charge >= 0.3 is 0 Å². The molecule has 1 fully saturated rings. The molecule has 0 unspecified atom stereocenters. The van der Waals surface area contributed by atoms with Crippen LogP contribution in [0, 0.1) is 5.82 Å². The summed E-state index contributed by atoms with van der Waals surface area (Å²) in [6.07, 6.45) is 2.28. The Bertz CT molecular complexity index is 778. The van der Waals surface area contributed by atoms with Crippen LogP contribution in [-0.4, -0.2) is 37.6 Å². The first kappa shape index (κ1) is 18.9. The molecule has 1 atom stereocenters. The zero-order chi connectivity index (χ0) is 18.5. The maximum Gasteiger partial charge on any atom is 0.254 e. The fourth-order valence-electron chi connectivity index (χ4n) is 3.39. The van der Waals surface area contributed by atoms with Crippen molar-refractivity contribution in [1.29, 1.82) is 0 Å². The monoisotopic (exact) mass is 420 g/mol. The number of amides is 1. The molecule has 0 bridgehead atoms. The molecule has 1 aliphatic rings. The van der Waals surface area contributed by atoms with Gasteiger partial charge in [0.25, 0.3) is 5.91 Å². The van der Waals surface area contributed by atoms with Crippen LogP contribution >= 0.6 is 15.9 Å². The molecule has 3 rings (SSSR count). The zero-order valence-electron chi connectivity index (χ0n) is 14.7. The van der Waals surface area contributed by atoms with Gasteiger partial charge in [0, 0.05) is 16.6 Å². The van der Waals surface area contributed by atoms with Gasteiger partial charge in [-0.2, -0.15) is 0 Å². The lowest BCUT2D eigenvalue weighted by molar-refractivity contribution is 0.0933. The van der Waals surface area contributed by atoms with Gasteiger partial charge in [0.05, 0.1) is 18.7 Å². The molecule has 0 saturated carbocycles. The molecule has 4 nitrogen and oxygen atoms in total. The van der Waals surface area contributed by atoms with Gasteiger partial charge < -0.3 is 10.1 Å². The van der Waals surface area contributed by atoms with E-state index in [0.29, 0.717) is 11.0 Å². The predicted octanol–water partition coefficient (Wildman–Crippen LogP) is 4.16. The van der Waals surface area contributed by atoms with Crippen molar-refractivity contribution < 1.29 is 13.9 Å². The van der Waals surface area contributed by atoms with E-state index in [-0.39, 0.29) is 11.6 Å². The summed E-state index contributed by atoms with van der Waals surface area (Å²) in [6.45, 7) is 2.35. The second kappa shape index (κ2) is 8.64. The highest BCUT2D eigenvalue weighted by atomic mass is 79.9. The molecule has 1 amide bonds. The molecule has 0 aromatic heterocycles. The fraction of sp³-hybridized carbons (Fsp3) is 0.350. The average Bonchev–Trinajstić information content (AvgIpc) is 3.16. The minimum atomic E-state index is -0.535. The number of benzene rings is 2. The van der Waals surface area contributed by atoms with Crippen molar-refractivity contribution in [2.75, 3.05) is 26.7 Å². The number of ether oxygens (including phenoxy) is 1. The Labute approximate surface area is 161 Å². The van der Waals surface area contributed by atoms with Gasteiger partial charge in [-0.1, -0.05) is 34.1 Å². The van der Waals surface area contributed by atoms with E-state index in [1.54, 1.807) is 13.2 Å². The van der Waals surface area contributed by atoms with Crippen LogP contribution < -0.4 is 10.1 Å². The molecular formula is C20H22BrFN2O2. The second-order valence-corrected chi connectivity index (χ2v) is 7.25. The highest BCUT2D eigenvalue weighted by molar-refractivity contribution is 9.10. The molecule has 138 valence electrons. The van der Waals surface area contributed by atoms with Crippen molar-refractivity contribution in [2.24, 2.45) is 0 Å². The third-order valence-electron chi connectivity index (χ3n) is 4.71. The Kier molecular flexibility index (Phi) is 6.27. The molecule has 6 heteroatoms. The summed E-state index contributed by atoms with van der Waals surface area (Å²) in [5.74, 6) is -0.144. The Morgan fingerprint density at radius 2 is 2.00 bits per heavy atom. The third kappa shape index (κ3) is 4.24. The summed E-state index contributed by atoms with van der Waals surface area (Å²) in [5, 5.41) is 2.89. The topological polar surface area (TPSA) is 41.6 Å². The van der Waals surface area contributed by atoms with Crippen LogP contribution in [0.2, 0.25) is 0 Å². The number of para-hydroxylation sites is 1. The molecule has 1 N–H and O–H groups in total. The molecule has 0 aliphatic carbocycles. The van der Waals surface area contributed by atoms with Gasteiger partial charge in [-0.3, -0.25) is 9.69 Å². The van der Waals surface area contributed by atoms with Crippen LogP contribution in [0.25, 0.3) is 0 Å². The Hall–Kier alpha value is -1.92. The van der Waals surface area contributed by atoms with E-state index in [1.807, 2.05) is 24.3 Å². The third-order valence-corrected chi connectivity index (χ3v) is 5.20. The average molecular weight is 421 g/mol. The van der Waals surface area contributed by atoms with Crippen molar-refractivity contribution in [3.05, 3.63) is 63.9 Å².